The number of hydrogen-bond donors (Lipinski definition) is 2. The van der Waals surface area contributed by atoms with E-state index in [9.17, 15) is 4.79 Å². The molecule has 4 aliphatic carbocycles. The summed E-state index contributed by atoms with van der Waals surface area (Å²) in [5, 5.41) is 17.4. The van der Waals surface area contributed by atoms with E-state index < -0.39 is 0 Å². The number of hydrogen-bond acceptors (Lipinski definition) is 4. The summed E-state index contributed by atoms with van der Waals surface area (Å²) in [4.78, 5) is 12.9. The Morgan fingerprint density at radius 2 is 1.83 bits per heavy atom. The summed E-state index contributed by atoms with van der Waals surface area (Å²) in [5.74, 6) is 3.01. The second kappa shape index (κ2) is 5.13. The highest BCUT2D eigenvalue weighted by Gasteiger charge is 2.51. The van der Waals surface area contributed by atoms with Gasteiger partial charge in [0.25, 0.3) is 5.91 Å². The summed E-state index contributed by atoms with van der Waals surface area (Å²) in [6.45, 7) is 0. The molecule has 4 bridgehead atoms. The van der Waals surface area contributed by atoms with Crippen molar-refractivity contribution < 1.29 is 4.79 Å². The number of aromatic amines is 1. The van der Waals surface area contributed by atoms with Crippen LogP contribution in [0.15, 0.2) is 24.3 Å². The number of amides is 1. The molecule has 0 aliphatic heterocycles. The number of rotatable bonds is 3. The van der Waals surface area contributed by atoms with Crippen LogP contribution in [-0.2, 0) is 0 Å². The van der Waals surface area contributed by atoms with Crippen LogP contribution in [0.5, 0.6) is 0 Å². The molecule has 1 heterocycles. The first kappa shape index (κ1) is 14.1. The molecule has 1 aromatic carbocycles. The van der Waals surface area contributed by atoms with Crippen molar-refractivity contribution in [2.45, 2.75) is 44.1 Å². The Bertz CT molecular complexity index is 734. The molecule has 1 aromatic heterocycles. The molecule has 6 nitrogen and oxygen atoms in total. The molecule has 0 saturated heterocycles. The van der Waals surface area contributed by atoms with E-state index in [2.05, 4.69) is 25.9 Å². The summed E-state index contributed by atoms with van der Waals surface area (Å²) in [6, 6.07) is 7.48. The van der Waals surface area contributed by atoms with Crippen LogP contribution >= 0.6 is 0 Å². The number of nitrogens with one attached hydrogen (secondary N) is 2. The first-order valence-corrected chi connectivity index (χ1v) is 8.85. The number of carbonyl (C=O) groups excluding carboxylic acids is 1. The van der Waals surface area contributed by atoms with Crippen molar-refractivity contribution >= 4 is 5.91 Å². The van der Waals surface area contributed by atoms with Gasteiger partial charge in [0, 0.05) is 16.7 Å². The van der Waals surface area contributed by atoms with Crippen molar-refractivity contribution in [2.75, 3.05) is 0 Å². The van der Waals surface area contributed by atoms with Crippen molar-refractivity contribution in [3.8, 4) is 11.4 Å². The fourth-order valence-corrected chi connectivity index (χ4v) is 5.66. The van der Waals surface area contributed by atoms with E-state index in [0.29, 0.717) is 11.4 Å². The Kier molecular flexibility index (Phi) is 3.02. The molecular formula is C18H21N5O. The van der Waals surface area contributed by atoms with Crippen LogP contribution in [0.4, 0.5) is 0 Å². The molecule has 0 unspecified atom stereocenters. The lowest BCUT2D eigenvalue weighted by Gasteiger charge is -2.56. The molecule has 0 spiro atoms. The van der Waals surface area contributed by atoms with Gasteiger partial charge in [-0.2, -0.15) is 5.21 Å². The highest BCUT2D eigenvalue weighted by atomic mass is 16.1. The van der Waals surface area contributed by atoms with E-state index in [-0.39, 0.29) is 11.4 Å². The van der Waals surface area contributed by atoms with Crippen LogP contribution in [0.1, 0.15) is 48.9 Å². The maximum Gasteiger partial charge on any atom is 0.251 e. The molecule has 24 heavy (non-hydrogen) atoms. The standard InChI is InChI=1S/C18H21N5O/c24-17(15-3-1-2-14(7-15)16-20-22-23-21-16)19-18-8-11-4-12(9-18)6-13(5-11)10-18/h1-3,7,11-13H,4-6,8-10H2,(H,19,24)(H,20,21,22,23). The fraction of sp³-hybridized carbons (Fsp3) is 0.556. The SMILES string of the molecule is O=C(NC12CC3CC(CC(C3)C1)C2)c1cccc(-c2nn[nH]n2)c1. The summed E-state index contributed by atoms with van der Waals surface area (Å²) >= 11 is 0. The van der Waals surface area contributed by atoms with E-state index in [0.717, 1.165) is 42.6 Å². The van der Waals surface area contributed by atoms with Crippen LogP contribution < -0.4 is 5.32 Å². The molecular weight excluding hydrogens is 302 g/mol. The first-order chi connectivity index (χ1) is 11.7. The molecule has 2 aromatic rings. The molecule has 124 valence electrons. The number of nitrogens with zero attached hydrogens (tertiary/aromatic N) is 3. The highest BCUT2D eigenvalue weighted by Crippen LogP contribution is 2.55. The molecule has 0 radical (unpaired) electrons. The lowest BCUT2D eigenvalue weighted by atomic mass is 9.53. The quantitative estimate of drug-likeness (QED) is 0.909. The normalized spacial score (nSPS) is 33.6. The van der Waals surface area contributed by atoms with Gasteiger partial charge in [0.1, 0.15) is 0 Å². The molecule has 1 amide bonds. The van der Waals surface area contributed by atoms with Gasteiger partial charge in [-0.25, -0.2) is 0 Å². The zero-order valence-electron chi connectivity index (χ0n) is 13.5. The predicted octanol–water partition coefficient (Wildman–Crippen LogP) is 2.57. The van der Waals surface area contributed by atoms with E-state index in [1.54, 1.807) is 0 Å². The maximum absolute atomic E-state index is 12.9. The molecule has 2 N–H and O–H groups in total. The number of tetrazole rings is 1. The van der Waals surface area contributed by atoms with E-state index >= 15 is 0 Å². The lowest BCUT2D eigenvalue weighted by molar-refractivity contribution is -0.0167. The molecule has 4 fully saturated rings. The lowest BCUT2D eigenvalue weighted by Crippen LogP contribution is -2.59. The molecule has 6 heteroatoms. The zero-order valence-corrected chi connectivity index (χ0v) is 13.5. The number of aromatic nitrogens is 4. The van der Waals surface area contributed by atoms with Gasteiger partial charge in [-0.1, -0.05) is 12.1 Å². The van der Waals surface area contributed by atoms with E-state index in [4.69, 9.17) is 0 Å². The first-order valence-electron chi connectivity index (χ1n) is 8.85. The highest BCUT2D eigenvalue weighted by molar-refractivity contribution is 5.95. The average molecular weight is 323 g/mol. The van der Waals surface area contributed by atoms with Gasteiger partial charge in [0.2, 0.25) is 5.82 Å². The van der Waals surface area contributed by atoms with Gasteiger partial charge in [-0.05, 0) is 73.6 Å². The van der Waals surface area contributed by atoms with E-state index in [1.165, 1.54) is 19.3 Å². The summed E-state index contributed by atoms with van der Waals surface area (Å²) in [6.07, 6.45) is 7.62. The third kappa shape index (κ3) is 2.32. The Balaban J connectivity index is 1.38. The molecule has 0 atom stereocenters. The Hall–Kier alpha value is -2.24. The van der Waals surface area contributed by atoms with Gasteiger partial charge in [0.05, 0.1) is 0 Å². The molecule has 6 rings (SSSR count). The minimum Gasteiger partial charge on any atom is -0.347 e. The monoisotopic (exact) mass is 323 g/mol. The minimum absolute atomic E-state index is 0.0299. The third-order valence-corrected chi connectivity index (χ3v) is 6.15. The Labute approximate surface area is 140 Å². The van der Waals surface area contributed by atoms with Gasteiger partial charge in [-0.15, -0.1) is 10.2 Å². The number of carbonyl (C=O) groups is 1. The van der Waals surface area contributed by atoms with Crippen LogP contribution in [0.3, 0.4) is 0 Å². The predicted molar refractivity (Wildman–Crippen MR) is 88.0 cm³/mol. The van der Waals surface area contributed by atoms with Crippen molar-refractivity contribution in [2.24, 2.45) is 17.8 Å². The van der Waals surface area contributed by atoms with Gasteiger partial charge in [-0.3, -0.25) is 4.79 Å². The molecule has 4 aliphatic rings. The third-order valence-electron chi connectivity index (χ3n) is 6.15. The van der Waals surface area contributed by atoms with Gasteiger partial charge >= 0.3 is 0 Å². The smallest absolute Gasteiger partial charge is 0.251 e. The largest absolute Gasteiger partial charge is 0.347 e. The summed E-state index contributed by atoms with van der Waals surface area (Å²) in [5.41, 5.74) is 1.52. The molecule has 4 saturated carbocycles. The van der Waals surface area contributed by atoms with Crippen molar-refractivity contribution in [1.29, 1.82) is 0 Å². The number of benzene rings is 1. The Morgan fingerprint density at radius 3 is 2.46 bits per heavy atom. The van der Waals surface area contributed by atoms with Crippen molar-refractivity contribution in [3.05, 3.63) is 29.8 Å². The zero-order chi connectivity index (χ0) is 16.1. The van der Waals surface area contributed by atoms with Crippen LogP contribution in [0.25, 0.3) is 11.4 Å². The van der Waals surface area contributed by atoms with Crippen LogP contribution in [-0.4, -0.2) is 32.1 Å². The van der Waals surface area contributed by atoms with Crippen LogP contribution in [0.2, 0.25) is 0 Å². The van der Waals surface area contributed by atoms with Crippen LogP contribution in [0, 0.1) is 17.8 Å². The van der Waals surface area contributed by atoms with E-state index in [1.807, 2.05) is 24.3 Å². The topological polar surface area (TPSA) is 83.6 Å². The second-order valence-electron chi connectivity index (χ2n) is 7.97. The summed E-state index contributed by atoms with van der Waals surface area (Å²) < 4.78 is 0. The van der Waals surface area contributed by atoms with Gasteiger partial charge < -0.3 is 5.32 Å². The fourth-order valence-electron chi connectivity index (χ4n) is 5.66. The number of H-pyrrole nitrogens is 1. The Morgan fingerprint density at radius 1 is 1.12 bits per heavy atom. The maximum atomic E-state index is 12.9. The average Bonchev–Trinajstić information content (AvgIpc) is 3.07. The second-order valence-corrected chi connectivity index (χ2v) is 7.97. The van der Waals surface area contributed by atoms with Gasteiger partial charge in [0.15, 0.2) is 0 Å². The van der Waals surface area contributed by atoms with Crippen molar-refractivity contribution in [1.82, 2.24) is 25.9 Å². The summed E-state index contributed by atoms with van der Waals surface area (Å²) in [7, 11) is 0. The van der Waals surface area contributed by atoms with Crippen molar-refractivity contribution in [3.63, 3.8) is 0 Å². The minimum atomic E-state index is 0.0299.